The molecule has 166 valence electrons. The van der Waals surface area contributed by atoms with E-state index in [1.54, 1.807) is 12.4 Å². The highest BCUT2D eigenvalue weighted by Gasteiger charge is 2.17. The summed E-state index contributed by atoms with van der Waals surface area (Å²) in [5.74, 6) is 0. The average Bonchev–Trinajstić information content (AvgIpc) is 3.32. The van der Waals surface area contributed by atoms with Gasteiger partial charge in [-0.2, -0.15) is 5.26 Å². The van der Waals surface area contributed by atoms with Crippen molar-refractivity contribution in [3.63, 3.8) is 0 Å². The van der Waals surface area contributed by atoms with E-state index in [1.165, 1.54) is 0 Å². The number of nitriles is 1. The summed E-state index contributed by atoms with van der Waals surface area (Å²) < 4.78 is 0. The third kappa shape index (κ3) is 4.31. The van der Waals surface area contributed by atoms with Gasteiger partial charge in [0.1, 0.15) is 6.07 Å². The molecule has 0 aliphatic carbocycles. The topological polar surface area (TPSA) is 83.9 Å². The van der Waals surface area contributed by atoms with Crippen LogP contribution in [0.4, 0.5) is 11.4 Å². The van der Waals surface area contributed by atoms with Crippen LogP contribution in [0.15, 0.2) is 55.0 Å². The number of nitrogens with zero attached hydrogens (tertiary/aromatic N) is 5. The molecule has 1 aliphatic rings. The van der Waals surface area contributed by atoms with Crippen LogP contribution in [0.2, 0.25) is 0 Å². The van der Waals surface area contributed by atoms with Gasteiger partial charge in [-0.25, -0.2) is 0 Å². The predicted octanol–water partition coefficient (Wildman–Crippen LogP) is 4.30. The van der Waals surface area contributed by atoms with Crippen molar-refractivity contribution < 1.29 is 0 Å². The van der Waals surface area contributed by atoms with Crippen LogP contribution in [0.3, 0.4) is 0 Å². The zero-order valence-corrected chi connectivity index (χ0v) is 19.0. The Morgan fingerprint density at radius 1 is 1.09 bits per heavy atom. The van der Waals surface area contributed by atoms with Crippen LogP contribution < -0.4 is 5.32 Å². The number of aromatic nitrogens is 3. The molecule has 1 aromatic carbocycles. The molecule has 3 aromatic heterocycles. The number of hydrogen-bond acceptors (Lipinski definition) is 6. The number of rotatable bonds is 5. The van der Waals surface area contributed by atoms with Crippen molar-refractivity contribution in [2.45, 2.75) is 13.5 Å². The van der Waals surface area contributed by atoms with Gasteiger partial charge in [-0.05, 0) is 49.9 Å². The van der Waals surface area contributed by atoms with Crippen molar-refractivity contribution in [1.82, 2.24) is 24.8 Å². The van der Waals surface area contributed by atoms with E-state index in [9.17, 15) is 5.26 Å². The van der Waals surface area contributed by atoms with E-state index in [1.807, 2.05) is 30.5 Å². The first-order valence-corrected chi connectivity index (χ1v) is 11.2. The second-order valence-electron chi connectivity index (χ2n) is 8.62. The molecule has 0 saturated carbocycles. The van der Waals surface area contributed by atoms with Gasteiger partial charge in [0.2, 0.25) is 0 Å². The first-order chi connectivity index (χ1) is 16.1. The van der Waals surface area contributed by atoms with Crippen LogP contribution in [0.25, 0.3) is 22.2 Å². The van der Waals surface area contributed by atoms with Crippen molar-refractivity contribution in [2.75, 3.05) is 38.5 Å². The van der Waals surface area contributed by atoms with E-state index >= 15 is 0 Å². The maximum atomic E-state index is 9.80. The first kappa shape index (κ1) is 21.1. The standard InChI is InChI=1S/C26H27N7/c1-18-21-8-9-29-24(21)7-6-23(18)31-26-19(14-27)15-28-16-22(26)25-5-3-4-20(30-25)17-33-12-10-32(2)11-13-33/h3-9,15-16,29H,10-13,17H2,1-2H3,(H,28,31). The van der Waals surface area contributed by atoms with E-state index in [4.69, 9.17) is 4.98 Å². The lowest BCUT2D eigenvalue weighted by atomic mass is 10.0. The largest absolute Gasteiger partial charge is 0.361 e. The Balaban J connectivity index is 1.49. The summed E-state index contributed by atoms with van der Waals surface area (Å²) in [5.41, 5.74) is 7.05. The van der Waals surface area contributed by atoms with Gasteiger partial charge in [-0.1, -0.05) is 6.07 Å². The molecule has 1 fully saturated rings. The number of anilines is 2. The van der Waals surface area contributed by atoms with Gasteiger partial charge in [0.25, 0.3) is 0 Å². The molecule has 1 aliphatic heterocycles. The van der Waals surface area contributed by atoms with Crippen LogP contribution in [0, 0.1) is 18.3 Å². The second kappa shape index (κ2) is 9.02. The zero-order chi connectivity index (χ0) is 22.8. The molecule has 0 spiro atoms. The van der Waals surface area contributed by atoms with Crippen molar-refractivity contribution in [1.29, 1.82) is 5.26 Å². The number of hydrogen-bond donors (Lipinski definition) is 2. The molecule has 0 atom stereocenters. The SMILES string of the molecule is Cc1c(Nc2c(C#N)cncc2-c2cccc(CN3CCN(C)CC3)n2)ccc2[nH]ccc12. The Kier molecular flexibility index (Phi) is 5.78. The smallest absolute Gasteiger partial charge is 0.103 e. The predicted molar refractivity (Wildman–Crippen MR) is 131 cm³/mol. The Labute approximate surface area is 193 Å². The molecule has 0 unspecified atom stereocenters. The molecule has 4 aromatic rings. The third-order valence-corrected chi connectivity index (χ3v) is 6.39. The summed E-state index contributed by atoms with van der Waals surface area (Å²) in [6, 6.07) is 14.5. The number of benzene rings is 1. The molecule has 7 nitrogen and oxygen atoms in total. The maximum absolute atomic E-state index is 9.80. The Morgan fingerprint density at radius 2 is 1.94 bits per heavy atom. The van der Waals surface area contributed by atoms with Gasteiger partial charge >= 0.3 is 0 Å². The van der Waals surface area contributed by atoms with E-state index < -0.39 is 0 Å². The molecule has 0 radical (unpaired) electrons. The van der Waals surface area contributed by atoms with Gasteiger partial charge in [0, 0.05) is 73.5 Å². The lowest BCUT2D eigenvalue weighted by Crippen LogP contribution is -2.44. The van der Waals surface area contributed by atoms with Crippen LogP contribution in [-0.4, -0.2) is 58.0 Å². The second-order valence-corrected chi connectivity index (χ2v) is 8.62. The summed E-state index contributed by atoms with van der Waals surface area (Å²) in [4.78, 5) is 17.3. The lowest BCUT2D eigenvalue weighted by molar-refractivity contribution is 0.147. The fourth-order valence-corrected chi connectivity index (χ4v) is 4.38. The van der Waals surface area contributed by atoms with E-state index in [0.717, 1.165) is 77.5 Å². The number of likely N-dealkylation sites (N-methyl/N-ethyl adjacent to an activating group) is 1. The first-order valence-electron chi connectivity index (χ1n) is 11.2. The van der Waals surface area contributed by atoms with Crippen molar-refractivity contribution in [3.8, 4) is 17.3 Å². The number of aryl methyl sites for hydroxylation is 1. The summed E-state index contributed by atoms with van der Waals surface area (Å²) in [7, 11) is 2.16. The normalized spacial score (nSPS) is 14.9. The number of pyridine rings is 2. The summed E-state index contributed by atoms with van der Waals surface area (Å²) in [5, 5.41) is 14.5. The van der Waals surface area contributed by atoms with Gasteiger partial charge in [-0.3, -0.25) is 14.9 Å². The monoisotopic (exact) mass is 437 g/mol. The maximum Gasteiger partial charge on any atom is 0.103 e. The van der Waals surface area contributed by atoms with Gasteiger partial charge in [0.15, 0.2) is 0 Å². The van der Waals surface area contributed by atoms with Crippen LogP contribution in [0.1, 0.15) is 16.8 Å². The van der Waals surface area contributed by atoms with E-state index in [0.29, 0.717) is 5.56 Å². The molecule has 5 rings (SSSR count). The van der Waals surface area contributed by atoms with Crippen LogP contribution in [-0.2, 0) is 6.54 Å². The highest BCUT2D eigenvalue weighted by Crippen LogP contribution is 2.34. The van der Waals surface area contributed by atoms with Crippen molar-refractivity contribution >= 4 is 22.3 Å². The Hall–Kier alpha value is -3.73. The minimum absolute atomic E-state index is 0.493. The highest BCUT2D eigenvalue weighted by atomic mass is 15.2. The third-order valence-electron chi connectivity index (χ3n) is 6.39. The summed E-state index contributed by atoms with van der Waals surface area (Å²) in [6.45, 7) is 7.14. The van der Waals surface area contributed by atoms with Crippen LogP contribution >= 0.6 is 0 Å². The minimum atomic E-state index is 0.493. The van der Waals surface area contributed by atoms with E-state index in [-0.39, 0.29) is 0 Å². The Bertz CT molecular complexity index is 1330. The Morgan fingerprint density at radius 3 is 2.76 bits per heavy atom. The van der Waals surface area contributed by atoms with Gasteiger partial charge < -0.3 is 15.2 Å². The molecular formula is C26H27N7. The van der Waals surface area contributed by atoms with Gasteiger partial charge in [0.05, 0.1) is 22.6 Å². The molecular weight excluding hydrogens is 410 g/mol. The molecule has 33 heavy (non-hydrogen) atoms. The van der Waals surface area contributed by atoms with Crippen molar-refractivity contribution in [2.24, 2.45) is 0 Å². The number of piperazine rings is 1. The van der Waals surface area contributed by atoms with Gasteiger partial charge in [-0.15, -0.1) is 0 Å². The summed E-state index contributed by atoms with van der Waals surface area (Å²) >= 11 is 0. The zero-order valence-electron chi connectivity index (χ0n) is 19.0. The molecule has 0 bridgehead atoms. The molecule has 0 amide bonds. The van der Waals surface area contributed by atoms with Crippen molar-refractivity contribution in [3.05, 3.63) is 71.8 Å². The lowest BCUT2D eigenvalue weighted by Gasteiger charge is -2.32. The summed E-state index contributed by atoms with van der Waals surface area (Å²) in [6.07, 6.45) is 5.33. The highest BCUT2D eigenvalue weighted by molar-refractivity contribution is 5.91. The fraction of sp³-hybridized carbons (Fsp3) is 0.269. The van der Waals surface area contributed by atoms with E-state index in [2.05, 4.69) is 57.3 Å². The average molecular weight is 438 g/mol. The molecule has 7 heteroatoms. The molecule has 2 N–H and O–H groups in total. The van der Waals surface area contributed by atoms with Crippen LogP contribution in [0.5, 0.6) is 0 Å². The number of nitrogens with one attached hydrogen (secondary N) is 2. The fourth-order valence-electron chi connectivity index (χ4n) is 4.38. The minimum Gasteiger partial charge on any atom is -0.361 e. The number of fused-ring (bicyclic) bond motifs is 1. The molecule has 4 heterocycles. The quantitative estimate of drug-likeness (QED) is 0.484. The number of H-pyrrole nitrogens is 1. The molecule has 1 saturated heterocycles. The number of aromatic amines is 1.